The monoisotopic (exact) mass is 281 g/mol. The van der Waals surface area contributed by atoms with E-state index >= 15 is 0 Å². The highest BCUT2D eigenvalue weighted by molar-refractivity contribution is 5.79. The van der Waals surface area contributed by atoms with Crippen molar-refractivity contribution in [3.8, 4) is 0 Å². The van der Waals surface area contributed by atoms with Crippen LogP contribution >= 0.6 is 0 Å². The molecule has 1 saturated carbocycles. The molecular formula is C14H23N3O3. The van der Waals surface area contributed by atoms with E-state index < -0.39 is 0 Å². The normalized spacial score (nSPS) is 30.9. The molecule has 6 nitrogen and oxygen atoms in total. The second kappa shape index (κ2) is 5.60. The minimum absolute atomic E-state index is 0.0501. The van der Waals surface area contributed by atoms with E-state index in [0.717, 1.165) is 19.3 Å². The van der Waals surface area contributed by atoms with Crippen LogP contribution in [0.2, 0.25) is 0 Å². The summed E-state index contributed by atoms with van der Waals surface area (Å²) < 4.78 is 5.52. The van der Waals surface area contributed by atoms with Gasteiger partial charge < -0.3 is 19.9 Å². The lowest BCUT2D eigenvalue weighted by Gasteiger charge is -2.42. The summed E-state index contributed by atoms with van der Waals surface area (Å²) in [5.74, 6) is -0.0790. The maximum atomic E-state index is 12.5. The molecule has 0 radical (unpaired) electrons. The Labute approximate surface area is 119 Å². The van der Waals surface area contributed by atoms with E-state index in [4.69, 9.17) is 4.74 Å². The van der Waals surface area contributed by atoms with Gasteiger partial charge in [0.1, 0.15) is 6.61 Å². The third-order valence-electron chi connectivity index (χ3n) is 4.77. The fraction of sp³-hybridized carbons (Fsp3) is 0.857. The SMILES string of the molecule is CN(C(=O)N1CC[C@@H]2OCC(=O)N[C@@H]2C1)C1CCCC1. The lowest BCUT2D eigenvalue weighted by atomic mass is 10.0. The summed E-state index contributed by atoms with van der Waals surface area (Å²) in [5.41, 5.74) is 0. The topological polar surface area (TPSA) is 61.9 Å². The van der Waals surface area contributed by atoms with Gasteiger partial charge in [0, 0.05) is 26.2 Å². The van der Waals surface area contributed by atoms with Gasteiger partial charge in [0.25, 0.3) is 0 Å². The van der Waals surface area contributed by atoms with Gasteiger partial charge in [-0.25, -0.2) is 4.79 Å². The van der Waals surface area contributed by atoms with Gasteiger partial charge in [-0.05, 0) is 19.3 Å². The number of piperidine rings is 1. The van der Waals surface area contributed by atoms with Gasteiger partial charge in [-0.2, -0.15) is 0 Å². The van der Waals surface area contributed by atoms with Gasteiger partial charge in [-0.1, -0.05) is 12.8 Å². The zero-order chi connectivity index (χ0) is 14.1. The molecule has 3 fully saturated rings. The van der Waals surface area contributed by atoms with Crippen molar-refractivity contribution in [1.29, 1.82) is 0 Å². The smallest absolute Gasteiger partial charge is 0.320 e. The van der Waals surface area contributed by atoms with Crippen LogP contribution in [-0.2, 0) is 9.53 Å². The van der Waals surface area contributed by atoms with E-state index in [1.165, 1.54) is 12.8 Å². The van der Waals surface area contributed by atoms with E-state index in [-0.39, 0.29) is 30.7 Å². The molecule has 2 saturated heterocycles. The number of urea groups is 1. The molecule has 112 valence electrons. The van der Waals surface area contributed by atoms with E-state index in [2.05, 4.69) is 5.32 Å². The van der Waals surface area contributed by atoms with Crippen LogP contribution in [-0.4, -0.2) is 66.7 Å². The molecule has 1 aliphatic carbocycles. The summed E-state index contributed by atoms with van der Waals surface area (Å²) in [7, 11) is 1.90. The Morgan fingerprint density at radius 3 is 2.85 bits per heavy atom. The number of hydrogen-bond acceptors (Lipinski definition) is 3. The van der Waals surface area contributed by atoms with Crippen molar-refractivity contribution in [3.05, 3.63) is 0 Å². The van der Waals surface area contributed by atoms with Crippen LogP contribution in [0.1, 0.15) is 32.1 Å². The Hall–Kier alpha value is -1.30. The molecule has 2 heterocycles. The standard InChI is InChI=1S/C14H23N3O3/c1-16(10-4-2-3-5-10)14(19)17-7-6-12-11(8-17)15-13(18)9-20-12/h10-12H,2-9H2,1H3,(H,15,18)/t11-,12+/m1/s1. The van der Waals surface area contributed by atoms with Crippen LogP contribution in [0.25, 0.3) is 0 Å². The first-order valence-electron chi connectivity index (χ1n) is 7.58. The van der Waals surface area contributed by atoms with Gasteiger partial charge >= 0.3 is 6.03 Å². The average Bonchev–Trinajstić information content (AvgIpc) is 2.99. The van der Waals surface area contributed by atoms with Gasteiger partial charge in [0.2, 0.25) is 5.91 Å². The molecule has 0 bridgehead atoms. The number of amides is 3. The Morgan fingerprint density at radius 2 is 2.10 bits per heavy atom. The van der Waals surface area contributed by atoms with Crippen molar-refractivity contribution >= 4 is 11.9 Å². The molecular weight excluding hydrogens is 258 g/mol. The Morgan fingerprint density at radius 1 is 1.35 bits per heavy atom. The van der Waals surface area contributed by atoms with Crippen molar-refractivity contribution in [2.45, 2.75) is 50.3 Å². The molecule has 6 heteroatoms. The molecule has 0 spiro atoms. The van der Waals surface area contributed by atoms with E-state index in [1.54, 1.807) is 0 Å². The van der Waals surface area contributed by atoms with Crippen molar-refractivity contribution in [3.63, 3.8) is 0 Å². The number of nitrogens with zero attached hydrogens (tertiary/aromatic N) is 2. The van der Waals surface area contributed by atoms with E-state index in [0.29, 0.717) is 19.1 Å². The minimum atomic E-state index is -0.0790. The molecule has 0 aromatic rings. The summed E-state index contributed by atoms with van der Waals surface area (Å²) in [6.45, 7) is 1.43. The second-order valence-corrected chi connectivity index (χ2v) is 6.09. The van der Waals surface area contributed by atoms with Crippen LogP contribution < -0.4 is 5.32 Å². The number of carbonyl (C=O) groups excluding carboxylic acids is 2. The van der Waals surface area contributed by atoms with Crippen molar-refractivity contribution < 1.29 is 14.3 Å². The van der Waals surface area contributed by atoms with Gasteiger partial charge in [-0.3, -0.25) is 4.79 Å². The summed E-state index contributed by atoms with van der Waals surface area (Å²) in [4.78, 5) is 27.7. The average molecular weight is 281 g/mol. The van der Waals surface area contributed by atoms with E-state index in [9.17, 15) is 9.59 Å². The molecule has 1 N–H and O–H groups in total. The highest BCUT2D eigenvalue weighted by Crippen LogP contribution is 2.24. The minimum Gasteiger partial charge on any atom is -0.366 e. The third kappa shape index (κ3) is 2.61. The molecule has 2 aliphatic heterocycles. The van der Waals surface area contributed by atoms with Crippen LogP contribution in [0.4, 0.5) is 4.79 Å². The van der Waals surface area contributed by atoms with Crippen LogP contribution in [0.5, 0.6) is 0 Å². The Kier molecular flexibility index (Phi) is 3.83. The van der Waals surface area contributed by atoms with Gasteiger partial charge in [0.05, 0.1) is 12.1 Å². The first kappa shape index (κ1) is 13.7. The molecule has 0 unspecified atom stereocenters. The Balaban J connectivity index is 1.59. The summed E-state index contributed by atoms with van der Waals surface area (Å²) in [6.07, 6.45) is 5.53. The number of fused-ring (bicyclic) bond motifs is 1. The molecule has 3 aliphatic rings. The fourth-order valence-electron chi connectivity index (χ4n) is 3.54. The number of ether oxygens (including phenoxy) is 1. The van der Waals surface area contributed by atoms with Gasteiger partial charge in [-0.15, -0.1) is 0 Å². The number of hydrogen-bond donors (Lipinski definition) is 1. The van der Waals surface area contributed by atoms with Crippen LogP contribution in [0.3, 0.4) is 0 Å². The lowest BCUT2D eigenvalue weighted by molar-refractivity contribution is -0.139. The zero-order valence-corrected chi connectivity index (χ0v) is 12.0. The van der Waals surface area contributed by atoms with Crippen molar-refractivity contribution in [1.82, 2.24) is 15.1 Å². The maximum absolute atomic E-state index is 12.5. The largest absolute Gasteiger partial charge is 0.366 e. The Bertz CT molecular complexity index is 395. The first-order valence-corrected chi connectivity index (χ1v) is 7.58. The van der Waals surface area contributed by atoms with Crippen molar-refractivity contribution in [2.24, 2.45) is 0 Å². The first-order chi connectivity index (χ1) is 9.65. The highest BCUT2D eigenvalue weighted by Gasteiger charge is 2.37. The number of carbonyl (C=O) groups is 2. The predicted molar refractivity (Wildman–Crippen MR) is 73.3 cm³/mol. The molecule has 0 aromatic carbocycles. The van der Waals surface area contributed by atoms with Crippen LogP contribution in [0, 0.1) is 0 Å². The lowest BCUT2D eigenvalue weighted by Crippen LogP contribution is -2.62. The quantitative estimate of drug-likeness (QED) is 0.764. The second-order valence-electron chi connectivity index (χ2n) is 6.09. The zero-order valence-electron chi connectivity index (χ0n) is 12.0. The molecule has 2 atom stereocenters. The number of likely N-dealkylation sites (tertiary alicyclic amines) is 1. The third-order valence-corrected chi connectivity index (χ3v) is 4.77. The fourth-order valence-corrected chi connectivity index (χ4v) is 3.54. The van der Waals surface area contributed by atoms with Gasteiger partial charge in [0.15, 0.2) is 0 Å². The number of morpholine rings is 1. The number of rotatable bonds is 1. The van der Waals surface area contributed by atoms with Crippen molar-refractivity contribution in [2.75, 3.05) is 26.7 Å². The molecule has 20 heavy (non-hydrogen) atoms. The number of nitrogens with one attached hydrogen (secondary N) is 1. The summed E-state index contributed by atoms with van der Waals surface area (Å²) in [5, 5.41) is 2.94. The summed E-state index contributed by atoms with van der Waals surface area (Å²) in [6, 6.07) is 0.429. The highest BCUT2D eigenvalue weighted by atomic mass is 16.5. The molecule has 3 amide bonds. The van der Waals surface area contributed by atoms with Crippen LogP contribution in [0.15, 0.2) is 0 Å². The molecule has 3 rings (SSSR count). The van der Waals surface area contributed by atoms with E-state index in [1.807, 2.05) is 16.8 Å². The molecule has 0 aromatic heterocycles. The summed E-state index contributed by atoms with van der Waals surface area (Å²) >= 11 is 0. The predicted octanol–water partition coefficient (Wildman–Crippen LogP) is 0.570. The maximum Gasteiger partial charge on any atom is 0.320 e.